The molecule has 2 aliphatic heterocycles. The van der Waals surface area contributed by atoms with Crippen LogP contribution in [0.5, 0.6) is 0 Å². The first-order chi connectivity index (χ1) is 16.5. The Kier molecular flexibility index (Phi) is 5.93. The molecule has 5 nitrogen and oxygen atoms in total. The summed E-state index contributed by atoms with van der Waals surface area (Å²) in [6.07, 6.45) is 2.40. The molecule has 172 valence electrons. The monoisotopic (exact) mass is 451 g/mol. The Bertz CT molecular complexity index is 1220. The molecular weight excluding hydrogens is 422 g/mol. The summed E-state index contributed by atoms with van der Waals surface area (Å²) in [7, 11) is 1.88. The van der Waals surface area contributed by atoms with Gasteiger partial charge in [-0.1, -0.05) is 60.2 Å². The molecule has 0 spiro atoms. The number of amides is 2. The van der Waals surface area contributed by atoms with Crippen LogP contribution in [-0.2, 0) is 16.1 Å². The highest BCUT2D eigenvalue weighted by Gasteiger charge is 2.41. The van der Waals surface area contributed by atoms with E-state index in [-0.39, 0.29) is 11.8 Å². The predicted molar refractivity (Wildman–Crippen MR) is 136 cm³/mol. The van der Waals surface area contributed by atoms with Crippen molar-refractivity contribution in [1.82, 2.24) is 4.90 Å². The molecule has 0 unspecified atom stereocenters. The molecule has 0 N–H and O–H groups in total. The van der Waals surface area contributed by atoms with Crippen LogP contribution < -0.4 is 9.80 Å². The van der Waals surface area contributed by atoms with Gasteiger partial charge in [0.2, 0.25) is 0 Å². The largest absolute Gasteiger partial charge is 0.372 e. The van der Waals surface area contributed by atoms with Crippen molar-refractivity contribution in [3.63, 3.8) is 0 Å². The van der Waals surface area contributed by atoms with E-state index in [1.54, 1.807) is 0 Å². The summed E-state index contributed by atoms with van der Waals surface area (Å²) in [6.45, 7) is 4.64. The fourth-order valence-corrected chi connectivity index (χ4v) is 4.81. The maximum atomic E-state index is 13.7. The molecule has 0 radical (unpaired) electrons. The summed E-state index contributed by atoms with van der Waals surface area (Å²) >= 11 is 0. The van der Waals surface area contributed by atoms with Gasteiger partial charge in [0.25, 0.3) is 11.8 Å². The number of aryl methyl sites for hydroxylation is 1. The third-order valence-corrected chi connectivity index (χ3v) is 6.62. The second kappa shape index (κ2) is 9.18. The molecule has 0 bridgehead atoms. The highest BCUT2D eigenvalue weighted by Crippen LogP contribution is 2.36. The van der Waals surface area contributed by atoms with Gasteiger partial charge in [-0.05, 0) is 55.2 Å². The van der Waals surface area contributed by atoms with Crippen molar-refractivity contribution < 1.29 is 9.59 Å². The number of likely N-dealkylation sites (N-methyl/N-ethyl adjacent to an activating group) is 1. The number of imide groups is 1. The second-order valence-corrected chi connectivity index (χ2v) is 9.09. The molecular formula is C29H29N3O2. The number of benzene rings is 3. The van der Waals surface area contributed by atoms with E-state index in [0.717, 1.165) is 35.5 Å². The number of hydrogen-bond acceptors (Lipinski definition) is 4. The Morgan fingerprint density at radius 1 is 0.765 bits per heavy atom. The van der Waals surface area contributed by atoms with E-state index in [4.69, 9.17) is 0 Å². The lowest BCUT2D eigenvalue weighted by molar-refractivity contribution is -0.120. The van der Waals surface area contributed by atoms with Crippen molar-refractivity contribution in [1.29, 1.82) is 0 Å². The van der Waals surface area contributed by atoms with Crippen LogP contribution in [0.25, 0.3) is 5.57 Å². The van der Waals surface area contributed by atoms with Gasteiger partial charge in [-0.25, -0.2) is 4.90 Å². The number of carbonyl (C=O) groups excluding carboxylic acids is 2. The quantitative estimate of drug-likeness (QED) is 0.494. The summed E-state index contributed by atoms with van der Waals surface area (Å²) < 4.78 is 0. The van der Waals surface area contributed by atoms with Crippen molar-refractivity contribution in [3.05, 3.63) is 101 Å². The highest BCUT2D eigenvalue weighted by molar-refractivity contribution is 6.45. The molecule has 5 heteroatoms. The number of nitrogens with zero attached hydrogens (tertiary/aromatic N) is 3. The topological polar surface area (TPSA) is 43.9 Å². The predicted octanol–water partition coefficient (Wildman–Crippen LogP) is 5.01. The molecule has 2 aliphatic rings. The van der Waals surface area contributed by atoms with E-state index < -0.39 is 0 Å². The molecule has 2 amide bonds. The number of anilines is 2. The molecule has 1 saturated heterocycles. The van der Waals surface area contributed by atoms with Crippen molar-refractivity contribution in [3.8, 4) is 0 Å². The third-order valence-electron chi connectivity index (χ3n) is 6.62. The van der Waals surface area contributed by atoms with Crippen molar-refractivity contribution in [2.75, 3.05) is 29.9 Å². The number of hydrogen-bond donors (Lipinski definition) is 0. The Morgan fingerprint density at radius 3 is 2.03 bits per heavy atom. The summed E-state index contributed by atoms with van der Waals surface area (Å²) in [5, 5.41) is 0. The van der Waals surface area contributed by atoms with Gasteiger partial charge < -0.3 is 9.80 Å². The molecule has 1 fully saturated rings. The molecule has 3 aromatic rings. The van der Waals surface area contributed by atoms with Crippen LogP contribution in [0.2, 0.25) is 0 Å². The summed E-state index contributed by atoms with van der Waals surface area (Å²) in [5.41, 5.74) is 5.56. The Balaban J connectivity index is 1.51. The van der Waals surface area contributed by atoms with E-state index in [2.05, 4.69) is 4.90 Å². The SMILES string of the molecule is Cc1ccc(C2=C(N(C)Cc3ccccc3)C(=O)N(c3ccc(N4CCCC4)cc3)C2=O)cc1. The Hall–Kier alpha value is -3.86. The van der Waals surface area contributed by atoms with Crippen LogP contribution in [0.1, 0.15) is 29.5 Å². The zero-order chi connectivity index (χ0) is 23.7. The van der Waals surface area contributed by atoms with Gasteiger partial charge in [-0.2, -0.15) is 0 Å². The van der Waals surface area contributed by atoms with Gasteiger partial charge in [-0.15, -0.1) is 0 Å². The van der Waals surface area contributed by atoms with Crippen LogP contribution in [0, 0.1) is 6.92 Å². The maximum Gasteiger partial charge on any atom is 0.282 e. The molecule has 5 rings (SSSR count). The molecule has 2 heterocycles. The fourth-order valence-electron chi connectivity index (χ4n) is 4.81. The van der Waals surface area contributed by atoms with Gasteiger partial charge in [0.1, 0.15) is 5.70 Å². The normalized spacial score (nSPS) is 16.1. The standard InChI is InChI=1S/C29H29N3O2/c1-21-10-12-23(13-11-21)26-27(30(2)20-22-8-4-3-5-9-22)29(34)32(28(26)33)25-16-14-24(15-17-25)31-18-6-7-19-31/h3-5,8-17H,6-7,18-20H2,1-2H3. The van der Waals surface area contributed by atoms with E-state index >= 15 is 0 Å². The lowest BCUT2D eigenvalue weighted by atomic mass is 10.0. The summed E-state index contributed by atoms with van der Waals surface area (Å²) in [5.74, 6) is -0.564. The van der Waals surface area contributed by atoms with Crippen LogP contribution in [0.3, 0.4) is 0 Å². The average molecular weight is 452 g/mol. The van der Waals surface area contributed by atoms with Crippen LogP contribution in [0.15, 0.2) is 84.6 Å². The molecule has 0 atom stereocenters. The minimum absolute atomic E-state index is 0.280. The van der Waals surface area contributed by atoms with E-state index in [1.807, 2.05) is 97.7 Å². The van der Waals surface area contributed by atoms with Crippen molar-refractivity contribution >= 4 is 28.8 Å². The lowest BCUT2D eigenvalue weighted by Crippen LogP contribution is -2.34. The molecule has 0 aliphatic carbocycles. The average Bonchev–Trinajstić information content (AvgIpc) is 3.47. The first kappa shape index (κ1) is 22.0. The molecule has 0 saturated carbocycles. The molecule has 0 aromatic heterocycles. The smallest absolute Gasteiger partial charge is 0.282 e. The van der Waals surface area contributed by atoms with Gasteiger partial charge in [-0.3, -0.25) is 9.59 Å². The van der Waals surface area contributed by atoms with E-state index in [1.165, 1.54) is 17.7 Å². The minimum atomic E-state index is -0.284. The van der Waals surface area contributed by atoms with E-state index in [0.29, 0.717) is 23.5 Å². The zero-order valence-corrected chi connectivity index (χ0v) is 19.7. The minimum Gasteiger partial charge on any atom is -0.372 e. The fraction of sp³-hybridized carbons (Fsp3) is 0.241. The van der Waals surface area contributed by atoms with Gasteiger partial charge in [0.05, 0.1) is 11.3 Å². The maximum absolute atomic E-state index is 13.7. The van der Waals surface area contributed by atoms with Crippen molar-refractivity contribution in [2.24, 2.45) is 0 Å². The first-order valence-electron chi connectivity index (χ1n) is 11.8. The lowest BCUT2D eigenvalue weighted by Gasteiger charge is -2.22. The third kappa shape index (κ3) is 4.10. The second-order valence-electron chi connectivity index (χ2n) is 9.09. The number of rotatable bonds is 6. The van der Waals surface area contributed by atoms with Gasteiger partial charge >= 0.3 is 0 Å². The van der Waals surface area contributed by atoms with Crippen LogP contribution in [0.4, 0.5) is 11.4 Å². The van der Waals surface area contributed by atoms with Crippen LogP contribution in [-0.4, -0.2) is 36.9 Å². The number of carbonyl (C=O) groups is 2. The van der Waals surface area contributed by atoms with Gasteiger partial charge in [0.15, 0.2) is 0 Å². The summed E-state index contributed by atoms with van der Waals surface area (Å²) in [4.78, 5) is 33.0. The Morgan fingerprint density at radius 2 is 1.38 bits per heavy atom. The molecule has 3 aromatic carbocycles. The van der Waals surface area contributed by atoms with Gasteiger partial charge in [0, 0.05) is 32.4 Å². The van der Waals surface area contributed by atoms with Crippen LogP contribution >= 0.6 is 0 Å². The summed E-state index contributed by atoms with van der Waals surface area (Å²) in [6, 6.07) is 25.6. The zero-order valence-electron chi connectivity index (χ0n) is 19.7. The van der Waals surface area contributed by atoms with E-state index in [9.17, 15) is 9.59 Å². The molecule has 34 heavy (non-hydrogen) atoms. The first-order valence-corrected chi connectivity index (χ1v) is 11.8. The highest BCUT2D eigenvalue weighted by atomic mass is 16.2. The van der Waals surface area contributed by atoms with Crippen molar-refractivity contribution in [2.45, 2.75) is 26.3 Å². The Labute approximate surface area is 200 Å².